The van der Waals surface area contributed by atoms with Gasteiger partial charge in [0.15, 0.2) is 12.4 Å². The third-order valence-electron chi connectivity index (χ3n) is 1.32. The Balaban J connectivity index is 2.95. The SMILES string of the molecule is C=C(C)C(=O)[n+]1ccccc1. The standard InChI is InChI=1S/C9H10NO/c1-8(2)9(11)10-6-4-3-5-7-10/h3-7H,1H2,2H3/q+1. The zero-order chi connectivity index (χ0) is 8.27. The molecule has 56 valence electrons. The highest BCUT2D eigenvalue weighted by molar-refractivity contribution is 5.84. The van der Waals surface area contributed by atoms with Crippen molar-refractivity contribution in [2.45, 2.75) is 6.92 Å². The molecular formula is C9H10NO+. The average Bonchev–Trinajstić information content (AvgIpc) is 2.05. The molecule has 0 N–H and O–H groups in total. The van der Waals surface area contributed by atoms with Crippen LogP contribution in [0.25, 0.3) is 0 Å². The molecule has 0 aliphatic rings. The summed E-state index contributed by atoms with van der Waals surface area (Å²) in [4.78, 5) is 11.2. The molecule has 0 atom stereocenters. The van der Waals surface area contributed by atoms with Gasteiger partial charge >= 0.3 is 5.91 Å². The highest BCUT2D eigenvalue weighted by Gasteiger charge is 2.12. The zero-order valence-corrected chi connectivity index (χ0v) is 6.45. The minimum atomic E-state index is -0.0643. The lowest BCUT2D eigenvalue weighted by molar-refractivity contribution is -0.570. The van der Waals surface area contributed by atoms with Crippen LogP contribution in [-0.4, -0.2) is 5.91 Å². The van der Waals surface area contributed by atoms with Crippen LogP contribution in [0.2, 0.25) is 0 Å². The van der Waals surface area contributed by atoms with Crippen LogP contribution in [-0.2, 0) is 0 Å². The smallest absolute Gasteiger partial charge is 0.214 e. The van der Waals surface area contributed by atoms with Crippen molar-refractivity contribution in [3.8, 4) is 0 Å². The second-order valence-electron chi connectivity index (χ2n) is 2.37. The van der Waals surface area contributed by atoms with E-state index in [2.05, 4.69) is 6.58 Å². The lowest BCUT2D eigenvalue weighted by atomic mass is 10.3. The van der Waals surface area contributed by atoms with Crippen LogP contribution in [0.5, 0.6) is 0 Å². The van der Waals surface area contributed by atoms with Crippen LogP contribution < -0.4 is 4.57 Å². The normalized spacial score (nSPS) is 9.18. The summed E-state index contributed by atoms with van der Waals surface area (Å²) in [6, 6.07) is 5.48. The van der Waals surface area contributed by atoms with Gasteiger partial charge in [-0.15, -0.1) is 4.57 Å². The van der Waals surface area contributed by atoms with Gasteiger partial charge < -0.3 is 0 Å². The maximum Gasteiger partial charge on any atom is 0.419 e. The van der Waals surface area contributed by atoms with Crippen LogP contribution in [0.3, 0.4) is 0 Å². The molecule has 0 aliphatic heterocycles. The van der Waals surface area contributed by atoms with Crippen LogP contribution in [0.1, 0.15) is 11.7 Å². The predicted octanol–water partition coefficient (Wildman–Crippen LogP) is 1.19. The van der Waals surface area contributed by atoms with Crippen LogP contribution in [0.15, 0.2) is 42.7 Å². The molecule has 0 unspecified atom stereocenters. The van der Waals surface area contributed by atoms with Crippen molar-refractivity contribution in [3.63, 3.8) is 0 Å². The molecule has 0 bridgehead atoms. The van der Waals surface area contributed by atoms with Gasteiger partial charge in [-0.05, 0) is 6.92 Å². The van der Waals surface area contributed by atoms with Crippen molar-refractivity contribution in [1.82, 2.24) is 0 Å². The Morgan fingerprint density at radius 3 is 2.27 bits per heavy atom. The highest BCUT2D eigenvalue weighted by atomic mass is 16.2. The number of pyridine rings is 1. The van der Waals surface area contributed by atoms with Crippen LogP contribution in [0.4, 0.5) is 0 Å². The first kappa shape index (κ1) is 7.66. The summed E-state index contributed by atoms with van der Waals surface area (Å²) >= 11 is 0. The number of carbonyl (C=O) groups excluding carboxylic acids is 1. The van der Waals surface area contributed by atoms with Gasteiger partial charge in [-0.3, -0.25) is 0 Å². The van der Waals surface area contributed by atoms with Crippen LogP contribution in [0, 0.1) is 0 Å². The summed E-state index contributed by atoms with van der Waals surface area (Å²) in [7, 11) is 0. The highest BCUT2D eigenvalue weighted by Crippen LogP contribution is 1.86. The summed E-state index contributed by atoms with van der Waals surface area (Å²) in [5.74, 6) is -0.0643. The summed E-state index contributed by atoms with van der Waals surface area (Å²) in [6.45, 7) is 5.26. The van der Waals surface area contributed by atoms with Gasteiger partial charge in [0.2, 0.25) is 0 Å². The number of rotatable bonds is 1. The number of hydrogen-bond acceptors (Lipinski definition) is 1. The zero-order valence-electron chi connectivity index (χ0n) is 6.45. The Hall–Kier alpha value is -1.44. The Labute approximate surface area is 65.8 Å². The second kappa shape index (κ2) is 3.10. The average molecular weight is 148 g/mol. The van der Waals surface area contributed by atoms with E-state index >= 15 is 0 Å². The third-order valence-corrected chi connectivity index (χ3v) is 1.32. The maximum atomic E-state index is 11.2. The lowest BCUT2D eigenvalue weighted by Crippen LogP contribution is -2.41. The minimum absolute atomic E-state index is 0.0643. The molecule has 0 radical (unpaired) electrons. The van der Waals surface area contributed by atoms with Gasteiger partial charge in [0, 0.05) is 12.1 Å². The van der Waals surface area contributed by atoms with E-state index in [9.17, 15) is 4.79 Å². The number of allylic oxidation sites excluding steroid dienone is 1. The first-order valence-corrected chi connectivity index (χ1v) is 3.38. The van der Waals surface area contributed by atoms with Gasteiger partial charge in [0.1, 0.15) is 0 Å². The first-order valence-electron chi connectivity index (χ1n) is 3.38. The number of nitrogens with zero attached hydrogens (tertiary/aromatic N) is 1. The minimum Gasteiger partial charge on any atom is -0.214 e. The largest absolute Gasteiger partial charge is 0.419 e. The maximum absolute atomic E-state index is 11.2. The Bertz CT molecular complexity index is 277. The van der Waals surface area contributed by atoms with Crippen molar-refractivity contribution in [3.05, 3.63) is 42.7 Å². The molecule has 0 aromatic carbocycles. The molecule has 0 amide bonds. The molecule has 0 saturated carbocycles. The van der Waals surface area contributed by atoms with Gasteiger partial charge in [-0.1, -0.05) is 12.6 Å². The van der Waals surface area contributed by atoms with Crippen molar-refractivity contribution in [2.75, 3.05) is 0 Å². The molecule has 11 heavy (non-hydrogen) atoms. The summed E-state index contributed by atoms with van der Waals surface area (Å²) in [5.41, 5.74) is 0.543. The molecule has 1 rings (SSSR count). The number of carbonyl (C=O) groups is 1. The van der Waals surface area contributed by atoms with Gasteiger partial charge in [-0.2, -0.15) is 0 Å². The van der Waals surface area contributed by atoms with Gasteiger partial charge in [0.05, 0.1) is 5.57 Å². The Kier molecular flexibility index (Phi) is 2.16. The van der Waals surface area contributed by atoms with E-state index < -0.39 is 0 Å². The van der Waals surface area contributed by atoms with E-state index in [1.807, 2.05) is 6.07 Å². The second-order valence-corrected chi connectivity index (χ2v) is 2.37. The van der Waals surface area contributed by atoms with E-state index in [1.165, 1.54) is 4.57 Å². The molecule has 0 fully saturated rings. The number of hydrogen-bond donors (Lipinski definition) is 0. The monoisotopic (exact) mass is 148 g/mol. The fourth-order valence-electron chi connectivity index (χ4n) is 0.754. The topological polar surface area (TPSA) is 20.9 Å². The third kappa shape index (κ3) is 1.74. The summed E-state index contributed by atoms with van der Waals surface area (Å²) in [6.07, 6.45) is 3.41. The molecule has 1 aromatic rings. The van der Waals surface area contributed by atoms with Crippen molar-refractivity contribution >= 4 is 5.91 Å². The molecule has 2 heteroatoms. The Morgan fingerprint density at radius 1 is 1.27 bits per heavy atom. The molecule has 1 heterocycles. The molecule has 0 saturated heterocycles. The molecule has 0 aliphatic carbocycles. The molecule has 2 nitrogen and oxygen atoms in total. The van der Waals surface area contributed by atoms with Crippen LogP contribution >= 0.6 is 0 Å². The van der Waals surface area contributed by atoms with Crippen molar-refractivity contribution < 1.29 is 9.36 Å². The predicted molar refractivity (Wildman–Crippen MR) is 42.1 cm³/mol. The van der Waals surface area contributed by atoms with E-state index in [4.69, 9.17) is 0 Å². The van der Waals surface area contributed by atoms with Crippen molar-refractivity contribution in [2.24, 2.45) is 0 Å². The van der Waals surface area contributed by atoms with Crippen molar-refractivity contribution in [1.29, 1.82) is 0 Å². The Morgan fingerprint density at radius 2 is 1.82 bits per heavy atom. The number of aromatic nitrogens is 1. The van der Waals surface area contributed by atoms with E-state index in [0.29, 0.717) is 5.57 Å². The molecule has 0 spiro atoms. The molecular weight excluding hydrogens is 138 g/mol. The molecule has 1 aromatic heterocycles. The van der Waals surface area contributed by atoms with E-state index in [1.54, 1.807) is 31.5 Å². The van der Waals surface area contributed by atoms with E-state index in [-0.39, 0.29) is 5.91 Å². The fourth-order valence-corrected chi connectivity index (χ4v) is 0.754. The first-order chi connectivity index (χ1) is 5.22. The quantitative estimate of drug-likeness (QED) is 0.433. The summed E-state index contributed by atoms with van der Waals surface area (Å²) in [5, 5.41) is 0. The lowest BCUT2D eigenvalue weighted by Gasteiger charge is -1.89. The van der Waals surface area contributed by atoms with Gasteiger partial charge in [-0.25, -0.2) is 4.79 Å². The van der Waals surface area contributed by atoms with Gasteiger partial charge in [0.25, 0.3) is 0 Å². The van der Waals surface area contributed by atoms with E-state index in [0.717, 1.165) is 0 Å². The summed E-state index contributed by atoms with van der Waals surface area (Å²) < 4.78 is 1.50. The fraction of sp³-hybridized carbons (Fsp3) is 0.111.